The fourth-order valence-electron chi connectivity index (χ4n) is 6.95. The van der Waals surface area contributed by atoms with E-state index in [-0.39, 0.29) is 0 Å². The minimum absolute atomic E-state index is 0.519. The molecule has 0 aliphatic heterocycles. The van der Waals surface area contributed by atoms with Crippen molar-refractivity contribution < 1.29 is 0 Å². The molecule has 3 aromatic carbocycles. The molecule has 2 heteroatoms. The zero-order chi connectivity index (χ0) is 21.3. The highest BCUT2D eigenvalue weighted by Gasteiger charge is 2.46. The summed E-state index contributed by atoms with van der Waals surface area (Å²) in [6.07, 6.45) is 6.33. The van der Waals surface area contributed by atoms with Crippen LogP contribution in [0.1, 0.15) is 58.7 Å². The summed E-state index contributed by atoms with van der Waals surface area (Å²) in [6, 6.07) is 20.8. The number of hydrogen-bond donors (Lipinski definition) is 0. The molecule has 3 aliphatic carbocycles. The van der Waals surface area contributed by atoms with E-state index in [4.69, 9.17) is 0 Å². The lowest BCUT2D eigenvalue weighted by atomic mass is 9.86. The summed E-state index contributed by atoms with van der Waals surface area (Å²) >= 11 is 3.98. The van der Waals surface area contributed by atoms with Crippen LogP contribution in [-0.2, 0) is 19.3 Å². The maximum absolute atomic E-state index is 3.98. The molecule has 0 N–H and O–H groups in total. The van der Waals surface area contributed by atoms with E-state index in [0.29, 0.717) is 5.54 Å². The molecule has 0 unspecified atom stereocenters. The van der Waals surface area contributed by atoms with Gasteiger partial charge in [-0.05, 0) is 89.6 Å². The van der Waals surface area contributed by atoms with E-state index in [1.807, 2.05) is 0 Å². The number of halogens is 1. The second-order valence-corrected chi connectivity index (χ2v) is 15.6. The Labute approximate surface area is 195 Å². The molecule has 3 aliphatic rings. The summed E-state index contributed by atoms with van der Waals surface area (Å²) in [6.45, 7) is 7.66. The van der Waals surface area contributed by atoms with Crippen molar-refractivity contribution in [2.24, 2.45) is 0 Å². The van der Waals surface area contributed by atoms with Crippen LogP contribution in [0.15, 0.2) is 64.6 Å². The Morgan fingerprint density at radius 3 is 2.00 bits per heavy atom. The lowest BCUT2D eigenvalue weighted by molar-refractivity contribution is 0.677. The highest BCUT2D eigenvalue weighted by atomic mass is 79.9. The molecule has 0 heterocycles. The second-order valence-electron chi connectivity index (χ2n) is 10.2. The van der Waals surface area contributed by atoms with E-state index in [1.54, 1.807) is 44.2 Å². The Morgan fingerprint density at radius 1 is 0.774 bits per heavy atom. The molecule has 0 nitrogen and oxygen atoms in total. The molecule has 6 rings (SSSR count). The molecule has 0 atom stereocenters. The Morgan fingerprint density at radius 2 is 1.35 bits per heavy atom. The van der Waals surface area contributed by atoms with Gasteiger partial charge >= 0.3 is 0 Å². The summed E-state index contributed by atoms with van der Waals surface area (Å²) in [4.78, 5) is 0. The average Bonchev–Trinajstić information content (AvgIpc) is 3.29. The van der Waals surface area contributed by atoms with Gasteiger partial charge in [0.25, 0.3) is 0 Å². The van der Waals surface area contributed by atoms with Crippen molar-refractivity contribution in [2.75, 3.05) is 0 Å². The minimum Gasteiger partial charge on any atom is -0.0690 e. The topological polar surface area (TPSA) is 0 Å². The van der Waals surface area contributed by atoms with Gasteiger partial charge in [0.15, 0.2) is 0 Å². The maximum atomic E-state index is 3.98. The molecule has 0 fully saturated rings. The molecule has 31 heavy (non-hydrogen) atoms. The number of allylic oxidation sites excluding steroid dienone is 1. The zero-order valence-corrected chi connectivity index (χ0v) is 21.3. The zero-order valence-electron chi connectivity index (χ0n) is 18.7. The van der Waals surface area contributed by atoms with Gasteiger partial charge in [-0.25, -0.2) is 0 Å². The number of rotatable bonds is 2. The summed E-state index contributed by atoms with van der Waals surface area (Å²) in [5, 5.41) is 1.72. The van der Waals surface area contributed by atoms with Gasteiger partial charge in [0, 0.05) is 10.0 Å². The predicted molar refractivity (Wildman–Crippen MR) is 138 cm³/mol. The summed E-state index contributed by atoms with van der Waals surface area (Å²) < 4.78 is 1.35. The van der Waals surface area contributed by atoms with E-state index in [2.05, 4.69) is 90.5 Å². The molecular weight excluding hydrogens is 456 g/mol. The molecule has 0 amide bonds. The lowest BCUT2D eigenvalue weighted by Crippen LogP contribution is -2.37. The third kappa shape index (κ3) is 2.77. The van der Waals surface area contributed by atoms with Crippen LogP contribution in [0.4, 0.5) is 0 Å². The van der Waals surface area contributed by atoms with Gasteiger partial charge in [0.1, 0.15) is 0 Å². The molecule has 0 aromatic heterocycles. The van der Waals surface area contributed by atoms with Gasteiger partial charge in [-0.2, -0.15) is 0 Å². The van der Waals surface area contributed by atoms with Gasteiger partial charge in [-0.1, -0.05) is 88.3 Å². The predicted octanol–water partition coefficient (Wildman–Crippen LogP) is 8.26. The fourth-order valence-corrected chi connectivity index (χ4v) is 12.1. The van der Waals surface area contributed by atoms with Crippen molar-refractivity contribution in [1.82, 2.24) is 0 Å². The first-order valence-electron chi connectivity index (χ1n) is 11.7. The molecular formula is C29H29BrSi. The molecule has 0 saturated carbocycles. The first-order valence-corrected chi connectivity index (χ1v) is 15.6. The van der Waals surface area contributed by atoms with Crippen molar-refractivity contribution in [3.05, 3.63) is 98.0 Å². The molecule has 0 radical (unpaired) electrons. The third-order valence-electron chi connectivity index (χ3n) is 8.05. The Bertz CT molecular complexity index is 1220. The van der Waals surface area contributed by atoms with E-state index in [1.165, 1.54) is 41.3 Å². The van der Waals surface area contributed by atoms with Crippen LogP contribution in [0.5, 0.6) is 0 Å². The highest BCUT2D eigenvalue weighted by Crippen LogP contribution is 2.54. The van der Waals surface area contributed by atoms with Gasteiger partial charge in [-0.15, -0.1) is 0 Å². The quantitative estimate of drug-likeness (QED) is 0.321. The van der Waals surface area contributed by atoms with Crippen molar-refractivity contribution >= 4 is 29.2 Å². The molecule has 0 spiro atoms. The number of hydrogen-bond acceptors (Lipinski definition) is 0. The third-order valence-corrected chi connectivity index (χ3v) is 12.8. The average molecular weight is 486 g/mol. The first kappa shape index (κ1) is 19.8. The van der Waals surface area contributed by atoms with Crippen LogP contribution >= 0.6 is 15.9 Å². The Kier molecular flexibility index (Phi) is 4.49. The van der Waals surface area contributed by atoms with E-state index in [9.17, 15) is 0 Å². The maximum Gasteiger partial charge on any atom is 0.0935 e. The van der Waals surface area contributed by atoms with Crippen LogP contribution in [0.2, 0.25) is 13.1 Å². The normalized spacial score (nSPS) is 17.4. The molecule has 3 aromatic rings. The van der Waals surface area contributed by atoms with Gasteiger partial charge in [-0.3, -0.25) is 0 Å². The SMILES string of the molecule is CC1=C([Si](C)(C)C2c3ccccc3-c3ccccc32)c2cc(Br)c3c(c2C1)CCCC3. The minimum atomic E-state index is -1.86. The number of benzene rings is 3. The molecule has 0 saturated heterocycles. The van der Waals surface area contributed by atoms with E-state index < -0.39 is 8.07 Å². The first-order chi connectivity index (χ1) is 15.0. The largest absolute Gasteiger partial charge is 0.0935 e. The highest BCUT2D eigenvalue weighted by molar-refractivity contribution is 9.10. The monoisotopic (exact) mass is 484 g/mol. The van der Waals surface area contributed by atoms with E-state index >= 15 is 0 Å². The van der Waals surface area contributed by atoms with Crippen LogP contribution < -0.4 is 0 Å². The molecule has 0 bridgehead atoms. The van der Waals surface area contributed by atoms with Crippen molar-refractivity contribution in [3.63, 3.8) is 0 Å². The summed E-state index contributed by atoms with van der Waals surface area (Å²) in [5.74, 6) is 0. The van der Waals surface area contributed by atoms with Crippen LogP contribution in [0.25, 0.3) is 16.3 Å². The van der Waals surface area contributed by atoms with Crippen molar-refractivity contribution in [2.45, 2.75) is 57.7 Å². The standard InChI is InChI=1S/C29H29BrSi/c1-18-16-25-21-12-4-7-13-22(21)27(30)17-26(25)28(18)31(2,3)29-23-14-8-5-10-19(23)20-11-6-9-15-24(20)29/h5-6,8-11,14-15,17,29H,4,7,12-13,16H2,1-3H3. The number of fused-ring (bicyclic) bond motifs is 6. The lowest BCUT2D eigenvalue weighted by Gasteiger charge is -2.35. The summed E-state index contributed by atoms with van der Waals surface area (Å²) in [7, 11) is -1.86. The van der Waals surface area contributed by atoms with Crippen molar-refractivity contribution in [3.8, 4) is 11.1 Å². The smallest absolute Gasteiger partial charge is 0.0690 e. The summed E-state index contributed by atoms with van der Waals surface area (Å²) in [5.41, 5.74) is 14.6. The van der Waals surface area contributed by atoms with Crippen LogP contribution in [0, 0.1) is 0 Å². The van der Waals surface area contributed by atoms with Gasteiger partial charge < -0.3 is 0 Å². The van der Waals surface area contributed by atoms with Crippen molar-refractivity contribution in [1.29, 1.82) is 0 Å². The Hall–Kier alpha value is -1.90. The second kappa shape index (κ2) is 7.05. The van der Waals surface area contributed by atoms with Gasteiger partial charge in [0.2, 0.25) is 0 Å². The van der Waals surface area contributed by atoms with Crippen LogP contribution in [0.3, 0.4) is 0 Å². The van der Waals surface area contributed by atoms with E-state index in [0.717, 1.165) is 6.42 Å². The van der Waals surface area contributed by atoms with Gasteiger partial charge in [0.05, 0.1) is 8.07 Å². The Balaban J connectivity index is 1.55. The fraction of sp³-hybridized carbons (Fsp3) is 0.310. The van der Waals surface area contributed by atoms with Crippen LogP contribution in [-0.4, -0.2) is 8.07 Å². The molecule has 156 valence electrons.